The molecule has 0 radical (unpaired) electrons. The Balaban J connectivity index is 1.26. The van der Waals surface area contributed by atoms with Gasteiger partial charge in [0.05, 0.1) is 35.7 Å². The van der Waals surface area contributed by atoms with Crippen LogP contribution in [0.1, 0.15) is 65.1 Å². The van der Waals surface area contributed by atoms with E-state index in [2.05, 4.69) is 20.1 Å². The number of Topliss-reactive ketones (excluding diaryl/α,β-unsaturated/α-hetero) is 1. The predicted molar refractivity (Wildman–Crippen MR) is 150 cm³/mol. The summed E-state index contributed by atoms with van der Waals surface area (Å²) in [5.74, 6) is 0.116. The monoisotopic (exact) mass is 532 g/mol. The zero-order valence-electron chi connectivity index (χ0n) is 22.0. The highest BCUT2D eigenvalue weighted by molar-refractivity contribution is 6.00. The highest BCUT2D eigenvalue weighted by Crippen LogP contribution is 2.45. The fourth-order valence-corrected chi connectivity index (χ4v) is 6.47. The highest BCUT2D eigenvalue weighted by atomic mass is 16.2. The Bertz CT molecular complexity index is 1710. The number of hydrogen-bond donors (Lipinski definition) is 2. The van der Waals surface area contributed by atoms with E-state index in [9.17, 15) is 9.59 Å². The van der Waals surface area contributed by atoms with Crippen molar-refractivity contribution in [1.29, 1.82) is 0 Å². The molecular weight excluding hydrogens is 504 g/mol. The second-order valence-corrected chi connectivity index (χ2v) is 10.6. The van der Waals surface area contributed by atoms with Crippen molar-refractivity contribution in [2.75, 3.05) is 5.73 Å². The first kappa shape index (κ1) is 24.2. The lowest BCUT2D eigenvalue weighted by molar-refractivity contribution is 0.0563. The lowest BCUT2D eigenvalue weighted by Crippen LogP contribution is -2.46. The lowest BCUT2D eigenvalue weighted by atomic mass is 9.85. The number of aromatic amines is 1. The van der Waals surface area contributed by atoms with Gasteiger partial charge < -0.3 is 15.6 Å². The summed E-state index contributed by atoms with van der Waals surface area (Å²) in [4.78, 5) is 44.8. The number of imidazole rings is 1. The van der Waals surface area contributed by atoms with Crippen molar-refractivity contribution in [3.8, 4) is 22.4 Å². The van der Waals surface area contributed by atoms with Crippen LogP contribution in [0.15, 0.2) is 67.4 Å². The van der Waals surface area contributed by atoms with Crippen molar-refractivity contribution < 1.29 is 9.59 Å². The number of amides is 1. The Kier molecular flexibility index (Phi) is 5.69. The van der Waals surface area contributed by atoms with Gasteiger partial charge in [-0.05, 0) is 38.7 Å². The Morgan fingerprint density at radius 1 is 0.975 bits per heavy atom. The van der Waals surface area contributed by atoms with E-state index < -0.39 is 0 Å². The van der Waals surface area contributed by atoms with Gasteiger partial charge in [0, 0.05) is 40.9 Å². The lowest BCUT2D eigenvalue weighted by Gasteiger charge is -2.39. The predicted octanol–water partition coefficient (Wildman–Crippen LogP) is 4.52. The maximum Gasteiger partial charge on any atom is 0.272 e. The molecule has 10 heteroatoms. The van der Waals surface area contributed by atoms with Gasteiger partial charge in [0.2, 0.25) is 0 Å². The van der Waals surface area contributed by atoms with Crippen molar-refractivity contribution in [1.82, 2.24) is 34.4 Å². The first-order valence-electron chi connectivity index (χ1n) is 13.5. The van der Waals surface area contributed by atoms with Crippen LogP contribution in [0.3, 0.4) is 0 Å². The van der Waals surface area contributed by atoms with Crippen LogP contribution in [0.2, 0.25) is 0 Å². The number of H-pyrrole nitrogens is 1. The number of carbonyl (C=O) groups excluding carboxylic acids is 2. The van der Waals surface area contributed by atoms with E-state index in [1.54, 1.807) is 16.9 Å². The van der Waals surface area contributed by atoms with Crippen molar-refractivity contribution in [3.05, 3.63) is 84.3 Å². The number of anilines is 1. The Hall–Kier alpha value is -4.86. The topological polar surface area (TPSA) is 135 Å². The molecule has 2 saturated heterocycles. The summed E-state index contributed by atoms with van der Waals surface area (Å²) >= 11 is 0. The zero-order chi connectivity index (χ0) is 27.4. The van der Waals surface area contributed by atoms with Crippen molar-refractivity contribution >= 4 is 23.2 Å². The van der Waals surface area contributed by atoms with E-state index >= 15 is 0 Å². The Morgan fingerprint density at radius 3 is 2.40 bits per heavy atom. The van der Waals surface area contributed by atoms with Crippen molar-refractivity contribution in [2.24, 2.45) is 0 Å². The van der Waals surface area contributed by atoms with Crippen LogP contribution >= 0.6 is 0 Å². The molecule has 10 nitrogen and oxygen atoms in total. The number of nitrogens with one attached hydrogen (secondary N) is 1. The third kappa shape index (κ3) is 3.86. The van der Waals surface area contributed by atoms with Crippen molar-refractivity contribution in [2.45, 2.75) is 50.6 Å². The molecule has 4 aromatic heterocycles. The number of carbonyl (C=O) groups is 2. The molecule has 2 aliphatic heterocycles. The van der Waals surface area contributed by atoms with Crippen LogP contribution in [0, 0.1) is 0 Å². The van der Waals surface area contributed by atoms with Crippen LogP contribution < -0.4 is 5.73 Å². The summed E-state index contributed by atoms with van der Waals surface area (Å²) in [5.41, 5.74) is 12.4. The molecular formula is C30H28N8O2. The van der Waals surface area contributed by atoms with Gasteiger partial charge in [-0.3, -0.25) is 14.6 Å². The zero-order valence-corrected chi connectivity index (χ0v) is 22.0. The van der Waals surface area contributed by atoms with E-state index in [-0.39, 0.29) is 35.5 Å². The molecule has 2 atom stereocenters. The van der Waals surface area contributed by atoms with E-state index in [1.807, 2.05) is 53.6 Å². The highest BCUT2D eigenvalue weighted by Gasteiger charge is 2.45. The minimum Gasteiger partial charge on any atom is -0.383 e. The molecule has 0 saturated carbocycles. The SMILES string of the molecule is CC(=O)c1c(C2CC3CCC(C2)N3C(=O)c2cnc[nH]2)nc2c(-c3ccc(-c4ccccc4)nc3)cnn2c1N. The summed E-state index contributed by atoms with van der Waals surface area (Å²) in [6.45, 7) is 1.52. The van der Waals surface area contributed by atoms with Crippen LogP contribution in [0.5, 0.6) is 0 Å². The van der Waals surface area contributed by atoms with Gasteiger partial charge in [-0.2, -0.15) is 9.61 Å². The molecule has 0 spiro atoms. The van der Waals surface area contributed by atoms with Gasteiger partial charge in [0.1, 0.15) is 11.5 Å². The molecule has 200 valence electrons. The number of rotatable bonds is 5. The number of nitrogens with two attached hydrogens (primary N) is 1. The van der Waals surface area contributed by atoms with Gasteiger partial charge >= 0.3 is 0 Å². The number of fused-ring (bicyclic) bond motifs is 3. The van der Waals surface area contributed by atoms with Gasteiger partial charge in [-0.15, -0.1) is 0 Å². The molecule has 7 rings (SSSR count). The van der Waals surface area contributed by atoms with E-state index in [4.69, 9.17) is 10.7 Å². The second-order valence-electron chi connectivity index (χ2n) is 10.6. The summed E-state index contributed by atoms with van der Waals surface area (Å²) in [7, 11) is 0. The minimum atomic E-state index is -0.142. The average Bonchev–Trinajstić information content (AvgIpc) is 3.71. The van der Waals surface area contributed by atoms with Gasteiger partial charge in [0.25, 0.3) is 5.91 Å². The molecule has 2 bridgehead atoms. The standard InChI is InChI=1S/C30H28N8O2/c1-17(39)26-27(20-11-21-8-9-22(12-20)37(21)30(40)25-15-32-16-34-25)36-29-23(14-35-38(29)28(26)31)19-7-10-24(33-13-19)18-5-3-2-4-6-18/h2-7,10,13-16,20-22H,8-9,11-12,31H2,1H3,(H,32,34). The molecule has 5 aromatic rings. The van der Waals surface area contributed by atoms with Gasteiger partial charge in [-0.1, -0.05) is 36.4 Å². The van der Waals surface area contributed by atoms with Gasteiger partial charge in [0.15, 0.2) is 11.4 Å². The molecule has 6 heterocycles. The fourth-order valence-electron chi connectivity index (χ4n) is 6.47. The quantitative estimate of drug-likeness (QED) is 0.318. The summed E-state index contributed by atoms with van der Waals surface area (Å²) < 4.78 is 1.55. The van der Waals surface area contributed by atoms with Crippen LogP contribution in [-0.2, 0) is 0 Å². The fraction of sp³-hybridized carbons (Fsp3) is 0.267. The number of hydrogen-bond acceptors (Lipinski definition) is 7. The third-order valence-corrected chi connectivity index (χ3v) is 8.29. The average molecular weight is 533 g/mol. The smallest absolute Gasteiger partial charge is 0.272 e. The maximum absolute atomic E-state index is 13.2. The first-order chi connectivity index (χ1) is 19.5. The summed E-state index contributed by atoms with van der Waals surface area (Å²) in [6, 6.07) is 14.1. The summed E-state index contributed by atoms with van der Waals surface area (Å²) in [6.07, 6.45) is 9.91. The first-order valence-corrected chi connectivity index (χ1v) is 13.5. The van der Waals surface area contributed by atoms with E-state index in [0.29, 0.717) is 22.6 Å². The number of nitrogen functional groups attached to an aromatic ring is 1. The maximum atomic E-state index is 13.2. The molecule has 1 amide bonds. The molecule has 0 aliphatic carbocycles. The van der Waals surface area contributed by atoms with Crippen LogP contribution in [-0.4, -0.2) is 58.2 Å². The minimum absolute atomic E-state index is 0.00384. The van der Waals surface area contributed by atoms with E-state index in [1.165, 1.54) is 13.3 Å². The third-order valence-electron chi connectivity index (χ3n) is 8.29. The largest absolute Gasteiger partial charge is 0.383 e. The molecule has 2 fully saturated rings. The number of nitrogens with zero attached hydrogens (tertiary/aromatic N) is 6. The molecule has 1 aromatic carbocycles. The normalized spacial score (nSPS) is 20.2. The Morgan fingerprint density at radius 2 is 1.75 bits per heavy atom. The van der Waals surface area contributed by atoms with E-state index in [0.717, 1.165) is 48.1 Å². The van der Waals surface area contributed by atoms with Crippen molar-refractivity contribution in [3.63, 3.8) is 0 Å². The Labute approximate surface area is 230 Å². The number of aromatic nitrogens is 6. The molecule has 3 N–H and O–H groups in total. The molecule has 2 aliphatic rings. The molecule has 40 heavy (non-hydrogen) atoms. The number of benzene rings is 1. The van der Waals surface area contributed by atoms with Gasteiger partial charge in [-0.25, -0.2) is 9.97 Å². The number of piperidine rings is 1. The van der Waals surface area contributed by atoms with Crippen LogP contribution in [0.4, 0.5) is 5.82 Å². The summed E-state index contributed by atoms with van der Waals surface area (Å²) in [5, 5.41) is 4.50. The number of pyridine rings is 1. The molecule has 2 unspecified atom stereocenters. The number of ketones is 1. The van der Waals surface area contributed by atoms with Crippen LogP contribution in [0.25, 0.3) is 28.0 Å². The second kappa shape index (κ2) is 9.41.